The molecule has 1 atom stereocenters. The van der Waals surface area contributed by atoms with Crippen molar-refractivity contribution in [1.29, 1.82) is 0 Å². The van der Waals surface area contributed by atoms with Crippen molar-refractivity contribution in [3.63, 3.8) is 0 Å². The number of benzene rings is 2. The number of tetrazole rings is 1. The predicted octanol–water partition coefficient (Wildman–Crippen LogP) is 2.35. The summed E-state index contributed by atoms with van der Waals surface area (Å²) in [4.78, 5) is 25.0. The molecule has 1 amide bonds. The average molecular weight is 428 g/mol. The van der Waals surface area contributed by atoms with Crippen LogP contribution in [0.5, 0.6) is 5.75 Å². The van der Waals surface area contributed by atoms with E-state index in [0.717, 1.165) is 21.7 Å². The number of amides is 1. The molecule has 0 bridgehead atoms. The Morgan fingerprint density at radius 2 is 1.77 bits per heavy atom. The molecule has 9 heteroatoms. The van der Waals surface area contributed by atoms with Gasteiger partial charge >= 0.3 is 0 Å². The maximum Gasteiger partial charge on any atom is 0.241 e. The van der Waals surface area contributed by atoms with Crippen molar-refractivity contribution in [2.45, 2.75) is 31.7 Å². The zero-order valence-corrected chi connectivity index (χ0v) is 17.2. The number of primary amides is 1. The molecule has 156 valence electrons. The molecular weight excluding hydrogens is 406 g/mol. The Labute approximate surface area is 179 Å². The second kappa shape index (κ2) is 9.98. The molecule has 30 heavy (non-hydrogen) atoms. The van der Waals surface area contributed by atoms with Gasteiger partial charge in [0.1, 0.15) is 18.1 Å². The van der Waals surface area contributed by atoms with Gasteiger partial charge in [0.2, 0.25) is 5.91 Å². The lowest BCUT2D eigenvalue weighted by molar-refractivity contribution is -0.119. The lowest BCUT2D eigenvalue weighted by Gasteiger charge is -2.13. The predicted molar refractivity (Wildman–Crippen MR) is 111 cm³/mol. The van der Waals surface area contributed by atoms with Gasteiger partial charge < -0.3 is 10.5 Å². The van der Waals surface area contributed by atoms with Crippen LogP contribution in [0.1, 0.15) is 29.3 Å². The summed E-state index contributed by atoms with van der Waals surface area (Å²) in [6, 6.07) is 14.8. The van der Waals surface area contributed by atoms with Crippen molar-refractivity contribution in [3.05, 3.63) is 70.5 Å². The van der Waals surface area contributed by atoms with Gasteiger partial charge in [-0.1, -0.05) is 35.9 Å². The molecule has 0 saturated heterocycles. The minimum atomic E-state index is -0.565. The van der Waals surface area contributed by atoms with Gasteiger partial charge in [0.15, 0.2) is 5.82 Å². The largest absolute Gasteiger partial charge is 0.497 e. The van der Waals surface area contributed by atoms with Crippen LogP contribution in [0.2, 0.25) is 5.02 Å². The first-order valence-corrected chi connectivity index (χ1v) is 9.76. The van der Waals surface area contributed by atoms with Crippen LogP contribution in [-0.4, -0.2) is 39.0 Å². The molecule has 0 aliphatic rings. The van der Waals surface area contributed by atoms with Gasteiger partial charge in [-0.05, 0) is 47.0 Å². The van der Waals surface area contributed by atoms with E-state index < -0.39 is 5.91 Å². The Morgan fingerprint density at radius 3 is 2.40 bits per heavy atom. The highest BCUT2D eigenvalue weighted by Crippen LogP contribution is 2.24. The normalized spacial score (nSPS) is 11.8. The maximum atomic E-state index is 12.7. The Morgan fingerprint density at radius 1 is 1.10 bits per heavy atom. The first-order chi connectivity index (χ1) is 14.4. The van der Waals surface area contributed by atoms with E-state index in [4.69, 9.17) is 22.1 Å². The number of hydrogen-bond acceptors (Lipinski definition) is 6. The van der Waals surface area contributed by atoms with Crippen LogP contribution in [0, 0.1) is 0 Å². The molecule has 0 radical (unpaired) electrons. The average Bonchev–Trinajstić information content (AvgIpc) is 3.17. The van der Waals surface area contributed by atoms with Crippen LogP contribution in [0.4, 0.5) is 0 Å². The van der Waals surface area contributed by atoms with Crippen LogP contribution in [-0.2, 0) is 29.0 Å². The molecule has 0 aliphatic carbocycles. The van der Waals surface area contributed by atoms with Crippen molar-refractivity contribution in [2.75, 3.05) is 7.11 Å². The quantitative estimate of drug-likeness (QED) is 0.531. The lowest BCUT2D eigenvalue weighted by Crippen LogP contribution is -2.20. The molecule has 2 N–H and O–H groups in total. The summed E-state index contributed by atoms with van der Waals surface area (Å²) in [6.07, 6.45) is 1.06. The second-order valence-electron chi connectivity index (χ2n) is 6.94. The molecule has 2 aromatic carbocycles. The molecular formula is C21H22ClN5O3. The standard InChI is InChI=1S/C21H22ClN5O3/c1-30-19-8-4-14(5-9-19)10-16(21-24-26-27(25-21)13-20(23)29)12-18(28)11-15-2-6-17(22)7-3-15/h2-9,16H,10-13H2,1H3,(H2,23,29)/t16-/m1/s1. The molecule has 8 nitrogen and oxygen atoms in total. The number of nitrogens with two attached hydrogens (primary N) is 1. The summed E-state index contributed by atoms with van der Waals surface area (Å²) < 4.78 is 5.19. The van der Waals surface area contributed by atoms with E-state index in [9.17, 15) is 9.59 Å². The second-order valence-corrected chi connectivity index (χ2v) is 7.38. The van der Waals surface area contributed by atoms with E-state index in [2.05, 4.69) is 15.4 Å². The van der Waals surface area contributed by atoms with Crippen molar-refractivity contribution >= 4 is 23.3 Å². The van der Waals surface area contributed by atoms with E-state index in [1.54, 1.807) is 19.2 Å². The van der Waals surface area contributed by atoms with E-state index >= 15 is 0 Å². The van der Waals surface area contributed by atoms with Gasteiger partial charge in [-0.3, -0.25) is 9.59 Å². The van der Waals surface area contributed by atoms with Crippen molar-refractivity contribution < 1.29 is 14.3 Å². The summed E-state index contributed by atoms with van der Waals surface area (Å²) in [5.74, 6) is 0.336. The van der Waals surface area contributed by atoms with E-state index in [0.29, 0.717) is 17.3 Å². The summed E-state index contributed by atoms with van der Waals surface area (Å²) in [6.45, 7) is -0.166. The number of Topliss-reactive ketones (excluding diaryl/α,β-unsaturated/α-hetero) is 1. The van der Waals surface area contributed by atoms with Crippen molar-refractivity contribution in [3.8, 4) is 5.75 Å². The summed E-state index contributed by atoms with van der Waals surface area (Å²) in [7, 11) is 1.61. The third kappa shape index (κ3) is 6.12. The topological polar surface area (TPSA) is 113 Å². The minimum Gasteiger partial charge on any atom is -0.497 e. The first-order valence-electron chi connectivity index (χ1n) is 9.38. The number of aromatic nitrogens is 4. The zero-order chi connectivity index (χ0) is 21.5. The number of rotatable bonds is 10. The summed E-state index contributed by atoms with van der Waals surface area (Å²) >= 11 is 5.91. The number of methoxy groups -OCH3 is 1. The van der Waals surface area contributed by atoms with Crippen LogP contribution in [0.3, 0.4) is 0 Å². The molecule has 1 heterocycles. The number of halogens is 1. The SMILES string of the molecule is COc1ccc(C[C@H](CC(=O)Cc2ccc(Cl)cc2)c2nnn(CC(N)=O)n2)cc1. The highest BCUT2D eigenvalue weighted by Gasteiger charge is 2.22. The van der Waals surface area contributed by atoms with Crippen molar-refractivity contribution in [1.82, 2.24) is 20.2 Å². The fraction of sp³-hybridized carbons (Fsp3) is 0.286. The van der Waals surface area contributed by atoms with Gasteiger partial charge in [-0.25, -0.2) is 0 Å². The van der Waals surface area contributed by atoms with Gasteiger partial charge in [-0.2, -0.15) is 4.80 Å². The number of ketones is 1. The smallest absolute Gasteiger partial charge is 0.241 e. The van der Waals surface area contributed by atoms with E-state index in [-0.39, 0.29) is 31.1 Å². The summed E-state index contributed by atoms with van der Waals surface area (Å²) in [5, 5.41) is 12.8. The fourth-order valence-electron chi connectivity index (χ4n) is 3.10. The van der Waals surface area contributed by atoms with Gasteiger partial charge in [0.25, 0.3) is 0 Å². The van der Waals surface area contributed by atoms with Crippen LogP contribution in [0.15, 0.2) is 48.5 Å². The molecule has 0 fully saturated rings. The molecule has 0 aliphatic heterocycles. The first kappa shape index (κ1) is 21.4. The number of hydrogen-bond donors (Lipinski definition) is 1. The van der Waals surface area contributed by atoms with Gasteiger partial charge in [0, 0.05) is 23.8 Å². The number of ether oxygens (including phenoxy) is 1. The molecule has 0 spiro atoms. The molecule has 3 aromatic rings. The fourth-order valence-corrected chi connectivity index (χ4v) is 3.23. The van der Waals surface area contributed by atoms with Crippen molar-refractivity contribution in [2.24, 2.45) is 5.73 Å². The van der Waals surface area contributed by atoms with Crippen LogP contribution >= 0.6 is 11.6 Å². The molecule has 3 rings (SSSR count). The van der Waals surface area contributed by atoms with Crippen LogP contribution < -0.4 is 10.5 Å². The number of nitrogens with zero attached hydrogens (tertiary/aromatic N) is 4. The minimum absolute atomic E-state index is 0.0436. The summed E-state index contributed by atoms with van der Waals surface area (Å²) in [5.41, 5.74) is 7.09. The Bertz CT molecular complexity index is 1000. The Hall–Kier alpha value is -3.26. The number of carbonyl (C=O) groups is 2. The zero-order valence-electron chi connectivity index (χ0n) is 16.5. The highest BCUT2D eigenvalue weighted by molar-refractivity contribution is 6.30. The van der Waals surface area contributed by atoms with Crippen LogP contribution in [0.25, 0.3) is 0 Å². The van der Waals surface area contributed by atoms with Gasteiger partial charge in [-0.15, -0.1) is 10.2 Å². The molecule has 1 aromatic heterocycles. The lowest BCUT2D eigenvalue weighted by atomic mass is 9.91. The third-order valence-electron chi connectivity index (χ3n) is 4.56. The van der Waals surface area contributed by atoms with Gasteiger partial charge in [0.05, 0.1) is 7.11 Å². The Balaban J connectivity index is 1.76. The Kier molecular flexibility index (Phi) is 7.13. The highest BCUT2D eigenvalue weighted by atomic mass is 35.5. The maximum absolute atomic E-state index is 12.7. The third-order valence-corrected chi connectivity index (χ3v) is 4.81. The molecule has 0 unspecified atom stereocenters. The van der Waals surface area contributed by atoms with E-state index in [1.807, 2.05) is 36.4 Å². The molecule has 0 saturated carbocycles. The van der Waals surface area contributed by atoms with E-state index in [1.165, 1.54) is 0 Å². The number of carbonyl (C=O) groups excluding carboxylic acids is 2. The monoisotopic (exact) mass is 427 g/mol.